The van der Waals surface area contributed by atoms with Crippen molar-refractivity contribution in [3.05, 3.63) is 57.3 Å². The SMILES string of the molecule is Cc1cccc(C(Br)c2ccc(C(C)(C)C)s2)c1. The lowest BCUT2D eigenvalue weighted by Crippen LogP contribution is -2.07. The second-order valence-electron chi connectivity index (χ2n) is 5.73. The number of hydrogen-bond donors (Lipinski definition) is 0. The molecule has 0 nitrogen and oxygen atoms in total. The zero-order valence-electron chi connectivity index (χ0n) is 11.3. The molecule has 0 aliphatic heterocycles. The average molecular weight is 323 g/mol. The highest BCUT2D eigenvalue weighted by Gasteiger charge is 2.19. The molecule has 0 N–H and O–H groups in total. The zero-order chi connectivity index (χ0) is 13.3. The zero-order valence-corrected chi connectivity index (χ0v) is 13.7. The predicted molar refractivity (Wildman–Crippen MR) is 85.0 cm³/mol. The molecule has 0 amide bonds. The third kappa shape index (κ3) is 3.04. The van der Waals surface area contributed by atoms with Gasteiger partial charge in [-0.3, -0.25) is 0 Å². The maximum Gasteiger partial charge on any atom is 0.0738 e. The van der Waals surface area contributed by atoms with Crippen LogP contribution in [0.3, 0.4) is 0 Å². The molecule has 0 saturated heterocycles. The number of alkyl halides is 1. The molecule has 2 rings (SSSR count). The van der Waals surface area contributed by atoms with Gasteiger partial charge in [-0.2, -0.15) is 0 Å². The second kappa shape index (κ2) is 5.18. The van der Waals surface area contributed by atoms with Crippen LogP contribution in [0.1, 0.15) is 46.5 Å². The van der Waals surface area contributed by atoms with E-state index >= 15 is 0 Å². The first-order chi connectivity index (χ1) is 8.38. The highest BCUT2D eigenvalue weighted by Crippen LogP contribution is 2.38. The minimum Gasteiger partial charge on any atom is -0.143 e. The molecule has 2 heteroatoms. The highest BCUT2D eigenvalue weighted by molar-refractivity contribution is 9.09. The van der Waals surface area contributed by atoms with E-state index in [9.17, 15) is 0 Å². The molecule has 18 heavy (non-hydrogen) atoms. The van der Waals surface area contributed by atoms with Crippen molar-refractivity contribution in [2.24, 2.45) is 0 Å². The van der Waals surface area contributed by atoms with Gasteiger partial charge >= 0.3 is 0 Å². The Morgan fingerprint density at radius 1 is 1.11 bits per heavy atom. The highest BCUT2D eigenvalue weighted by atomic mass is 79.9. The van der Waals surface area contributed by atoms with Crippen LogP contribution in [-0.4, -0.2) is 0 Å². The molecule has 0 saturated carbocycles. The monoisotopic (exact) mass is 322 g/mol. The van der Waals surface area contributed by atoms with Gasteiger partial charge in [-0.15, -0.1) is 11.3 Å². The summed E-state index contributed by atoms with van der Waals surface area (Å²) in [5, 5.41) is 0. The van der Waals surface area contributed by atoms with Crippen molar-refractivity contribution >= 4 is 27.3 Å². The quantitative estimate of drug-likeness (QED) is 0.609. The summed E-state index contributed by atoms with van der Waals surface area (Å²) in [4.78, 5) is 3.12. The van der Waals surface area contributed by atoms with Crippen molar-refractivity contribution in [2.75, 3.05) is 0 Å². The molecule has 1 heterocycles. The van der Waals surface area contributed by atoms with Gasteiger partial charge in [-0.05, 0) is 30.0 Å². The van der Waals surface area contributed by atoms with E-state index in [1.165, 1.54) is 20.9 Å². The molecule has 0 fully saturated rings. The summed E-state index contributed by atoms with van der Waals surface area (Å²) in [7, 11) is 0. The van der Waals surface area contributed by atoms with Crippen LogP contribution in [0.25, 0.3) is 0 Å². The Morgan fingerprint density at radius 2 is 1.83 bits per heavy atom. The normalized spacial score (nSPS) is 13.6. The Bertz CT molecular complexity index is 534. The smallest absolute Gasteiger partial charge is 0.0738 e. The van der Waals surface area contributed by atoms with Crippen molar-refractivity contribution in [2.45, 2.75) is 37.9 Å². The van der Waals surface area contributed by atoms with Crippen LogP contribution in [0.4, 0.5) is 0 Å². The molecule has 1 unspecified atom stereocenters. The van der Waals surface area contributed by atoms with Crippen LogP contribution < -0.4 is 0 Å². The summed E-state index contributed by atoms with van der Waals surface area (Å²) in [6.45, 7) is 8.92. The van der Waals surface area contributed by atoms with Gasteiger partial charge in [-0.25, -0.2) is 0 Å². The van der Waals surface area contributed by atoms with Gasteiger partial charge in [-0.1, -0.05) is 66.5 Å². The molecule has 0 aliphatic rings. The van der Waals surface area contributed by atoms with Crippen LogP contribution in [0, 0.1) is 6.92 Å². The standard InChI is InChI=1S/C16H19BrS/c1-11-6-5-7-12(10-11)15(17)13-8-9-14(18-13)16(2,3)4/h5-10,15H,1-4H3. The Morgan fingerprint density at radius 3 is 2.39 bits per heavy atom. The molecule has 1 aromatic carbocycles. The van der Waals surface area contributed by atoms with Crippen molar-refractivity contribution in [1.82, 2.24) is 0 Å². The molecule has 96 valence electrons. The fraction of sp³-hybridized carbons (Fsp3) is 0.375. The van der Waals surface area contributed by atoms with Gasteiger partial charge in [0.15, 0.2) is 0 Å². The van der Waals surface area contributed by atoms with Crippen LogP contribution in [0.15, 0.2) is 36.4 Å². The summed E-state index contributed by atoms with van der Waals surface area (Å²) >= 11 is 5.72. The van der Waals surface area contributed by atoms with Crippen molar-refractivity contribution in [3.8, 4) is 0 Å². The summed E-state index contributed by atoms with van der Waals surface area (Å²) in [5.74, 6) is 0. The number of hydrogen-bond acceptors (Lipinski definition) is 1. The average Bonchev–Trinajstić information content (AvgIpc) is 2.77. The third-order valence-corrected chi connectivity index (χ3v) is 5.85. The van der Waals surface area contributed by atoms with Crippen LogP contribution >= 0.6 is 27.3 Å². The van der Waals surface area contributed by atoms with Crippen LogP contribution in [0.5, 0.6) is 0 Å². The van der Waals surface area contributed by atoms with Gasteiger partial charge in [0.2, 0.25) is 0 Å². The van der Waals surface area contributed by atoms with Gasteiger partial charge in [0.1, 0.15) is 0 Å². The van der Waals surface area contributed by atoms with Gasteiger partial charge in [0.25, 0.3) is 0 Å². The van der Waals surface area contributed by atoms with E-state index in [4.69, 9.17) is 0 Å². The topological polar surface area (TPSA) is 0 Å². The molecule has 2 aromatic rings. The Labute approximate surface area is 122 Å². The number of thiophene rings is 1. The molecule has 0 aliphatic carbocycles. The van der Waals surface area contributed by atoms with E-state index in [0.717, 1.165) is 0 Å². The fourth-order valence-corrected chi connectivity index (χ4v) is 3.67. The Hall–Kier alpha value is -0.600. The summed E-state index contributed by atoms with van der Waals surface area (Å²) in [5.41, 5.74) is 2.88. The molecule has 0 radical (unpaired) electrons. The second-order valence-corrected chi connectivity index (χ2v) is 7.76. The van der Waals surface area contributed by atoms with Gasteiger partial charge in [0, 0.05) is 9.75 Å². The number of rotatable bonds is 2. The largest absolute Gasteiger partial charge is 0.143 e. The summed E-state index contributed by atoms with van der Waals surface area (Å²) in [6, 6.07) is 13.2. The third-order valence-electron chi connectivity index (χ3n) is 2.95. The van der Waals surface area contributed by atoms with Gasteiger partial charge < -0.3 is 0 Å². The van der Waals surface area contributed by atoms with Crippen LogP contribution in [-0.2, 0) is 5.41 Å². The van der Waals surface area contributed by atoms with E-state index < -0.39 is 0 Å². The summed E-state index contributed by atoms with van der Waals surface area (Å²) in [6.07, 6.45) is 0. The van der Waals surface area contributed by atoms with E-state index in [0.29, 0.717) is 4.83 Å². The maximum absolute atomic E-state index is 3.82. The predicted octanol–water partition coefficient (Wildman–Crippen LogP) is 5.84. The number of aryl methyl sites for hydroxylation is 1. The first kappa shape index (κ1) is 13.8. The van der Waals surface area contributed by atoms with E-state index in [2.05, 4.69) is 80.0 Å². The minimum atomic E-state index is 0.238. The number of benzene rings is 1. The molecule has 1 atom stereocenters. The molecule has 0 spiro atoms. The lowest BCUT2D eigenvalue weighted by atomic mass is 9.95. The van der Waals surface area contributed by atoms with Crippen molar-refractivity contribution in [1.29, 1.82) is 0 Å². The first-order valence-corrected chi connectivity index (χ1v) is 7.92. The fourth-order valence-electron chi connectivity index (χ4n) is 1.88. The van der Waals surface area contributed by atoms with Crippen molar-refractivity contribution < 1.29 is 0 Å². The van der Waals surface area contributed by atoms with Crippen LogP contribution in [0.2, 0.25) is 0 Å². The molecule has 1 aromatic heterocycles. The lowest BCUT2D eigenvalue weighted by Gasteiger charge is -2.15. The first-order valence-electron chi connectivity index (χ1n) is 6.19. The Balaban J connectivity index is 2.29. The van der Waals surface area contributed by atoms with Gasteiger partial charge in [0.05, 0.1) is 4.83 Å². The van der Waals surface area contributed by atoms with Crippen molar-refractivity contribution in [3.63, 3.8) is 0 Å². The van der Waals surface area contributed by atoms with E-state index in [1.54, 1.807) is 0 Å². The Kier molecular flexibility index (Phi) is 3.98. The molecule has 0 bridgehead atoms. The number of halogens is 1. The minimum absolute atomic E-state index is 0.238. The molecular weight excluding hydrogens is 304 g/mol. The maximum atomic E-state index is 3.82. The van der Waals surface area contributed by atoms with E-state index in [1.807, 2.05) is 11.3 Å². The van der Waals surface area contributed by atoms with E-state index in [-0.39, 0.29) is 5.41 Å². The molecular formula is C16H19BrS. The lowest BCUT2D eigenvalue weighted by molar-refractivity contribution is 0.604. The summed E-state index contributed by atoms with van der Waals surface area (Å²) < 4.78 is 0.